The van der Waals surface area contributed by atoms with Gasteiger partial charge in [0.15, 0.2) is 5.76 Å². The number of furan rings is 1. The van der Waals surface area contributed by atoms with E-state index in [2.05, 4.69) is 36.4 Å². The molecule has 2 heterocycles. The minimum Gasteiger partial charge on any atom is -0.485 e. The number of nitrogens with one attached hydrogen (secondary N) is 1. The molecule has 0 radical (unpaired) electrons. The molecule has 0 spiro atoms. The second-order valence-corrected chi connectivity index (χ2v) is 8.69. The van der Waals surface area contributed by atoms with Crippen LogP contribution in [0.5, 0.6) is 5.75 Å². The van der Waals surface area contributed by atoms with E-state index >= 15 is 0 Å². The first-order valence-electron chi connectivity index (χ1n) is 10.8. The van der Waals surface area contributed by atoms with Gasteiger partial charge in [0.2, 0.25) is 0 Å². The lowest BCUT2D eigenvalue weighted by molar-refractivity contribution is 0.0992. The number of nitrogens with zero attached hydrogens (tertiary/aromatic N) is 2. The van der Waals surface area contributed by atoms with Crippen molar-refractivity contribution in [2.75, 3.05) is 5.32 Å². The fourth-order valence-electron chi connectivity index (χ4n) is 3.45. The number of aryl methyl sites for hydroxylation is 1. The average Bonchev–Trinajstić information content (AvgIpc) is 3.43. The Hall–Kier alpha value is -3.51. The molecule has 0 aliphatic carbocycles. The van der Waals surface area contributed by atoms with Crippen molar-refractivity contribution >= 4 is 23.2 Å². The Morgan fingerprint density at radius 2 is 1.94 bits per heavy atom. The van der Waals surface area contributed by atoms with Gasteiger partial charge in [-0.15, -0.1) is 0 Å². The lowest BCUT2D eigenvalue weighted by Crippen LogP contribution is -2.10. The normalized spacial score (nSPS) is 11.1. The van der Waals surface area contributed by atoms with E-state index in [4.69, 9.17) is 20.8 Å². The summed E-state index contributed by atoms with van der Waals surface area (Å²) < 4.78 is 13.4. The molecule has 33 heavy (non-hydrogen) atoms. The molecule has 0 fully saturated rings. The third-order valence-corrected chi connectivity index (χ3v) is 5.45. The fraction of sp³-hybridized carbons (Fsp3) is 0.231. The van der Waals surface area contributed by atoms with Gasteiger partial charge in [-0.25, -0.2) is 0 Å². The number of carbonyl (C=O) groups is 1. The number of ether oxygens (including phenoxy) is 1. The second kappa shape index (κ2) is 9.96. The highest BCUT2D eigenvalue weighted by molar-refractivity contribution is 6.30. The Labute approximate surface area is 198 Å². The van der Waals surface area contributed by atoms with Crippen LogP contribution in [0.1, 0.15) is 52.8 Å². The van der Waals surface area contributed by atoms with Crippen molar-refractivity contribution in [2.24, 2.45) is 0 Å². The Balaban J connectivity index is 1.35. The van der Waals surface area contributed by atoms with Crippen molar-refractivity contribution in [1.29, 1.82) is 0 Å². The molecule has 0 bridgehead atoms. The zero-order valence-corrected chi connectivity index (χ0v) is 19.6. The molecule has 7 heteroatoms. The van der Waals surface area contributed by atoms with Crippen LogP contribution in [0.15, 0.2) is 71.4 Å². The highest BCUT2D eigenvalue weighted by Crippen LogP contribution is 2.28. The van der Waals surface area contributed by atoms with Gasteiger partial charge in [-0.3, -0.25) is 9.48 Å². The number of aromatic nitrogens is 2. The molecule has 170 valence electrons. The van der Waals surface area contributed by atoms with Crippen molar-refractivity contribution in [3.05, 3.63) is 100 Å². The summed E-state index contributed by atoms with van der Waals surface area (Å²) in [6, 6.07) is 17.1. The average molecular weight is 464 g/mol. The Morgan fingerprint density at radius 1 is 1.15 bits per heavy atom. The van der Waals surface area contributed by atoms with Crippen molar-refractivity contribution in [1.82, 2.24) is 9.78 Å². The minimum absolute atomic E-state index is 0.215. The third kappa shape index (κ3) is 5.84. The fourth-order valence-corrected chi connectivity index (χ4v) is 3.58. The predicted octanol–water partition coefficient (Wildman–Crippen LogP) is 6.44. The van der Waals surface area contributed by atoms with Crippen molar-refractivity contribution in [2.45, 2.75) is 39.8 Å². The van der Waals surface area contributed by atoms with Crippen LogP contribution in [-0.2, 0) is 13.2 Å². The molecule has 6 nitrogen and oxygen atoms in total. The van der Waals surface area contributed by atoms with Crippen LogP contribution in [0.2, 0.25) is 5.02 Å². The lowest BCUT2D eigenvalue weighted by Gasteiger charge is -2.14. The first-order valence-corrected chi connectivity index (χ1v) is 11.2. The van der Waals surface area contributed by atoms with E-state index in [1.165, 1.54) is 0 Å². The summed E-state index contributed by atoms with van der Waals surface area (Å²) in [4.78, 5) is 12.6. The summed E-state index contributed by atoms with van der Waals surface area (Å²) in [7, 11) is 0. The Morgan fingerprint density at radius 3 is 2.70 bits per heavy atom. The van der Waals surface area contributed by atoms with Crippen LogP contribution in [0.4, 0.5) is 5.69 Å². The van der Waals surface area contributed by atoms with Gasteiger partial charge in [0.25, 0.3) is 5.91 Å². The summed E-state index contributed by atoms with van der Waals surface area (Å²) in [6.07, 6.45) is 3.37. The maximum absolute atomic E-state index is 12.6. The molecule has 0 aliphatic rings. The zero-order chi connectivity index (χ0) is 23.4. The molecular weight excluding hydrogens is 438 g/mol. The minimum atomic E-state index is -0.342. The molecule has 0 aliphatic heterocycles. The van der Waals surface area contributed by atoms with E-state index in [0.717, 1.165) is 22.4 Å². The van der Waals surface area contributed by atoms with E-state index in [-0.39, 0.29) is 18.3 Å². The highest BCUT2D eigenvalue weighted by atomic mass is 35.5. The Bertz CT molecular complexity index is 1240. The lowest BCUT2D eigenvalue weighted by atomic mass is 10.0. The quantitative estimate of drug-likeness (QED) is 0.326. The van der Waals surface area contributed by atoms with Crippen LogP contribution in [0, 0.1) is 6.92 Å². The number of hydrogen-bond donors (Lipinski definition) is 1. The molecule has 4 rings (SSSR count). The topological polar surface area (TPSA) is 69.3 Å². The van der Waals surface area contributed by atoms with Crippen molar-refractivity contribution < 1.29 is 13.9 Å². The van der Waals surface area contributed by atoms with E-state index < -0.39 is 0 Å². The maximum atomic E-state index is 12.6. The molecule has 0 saturated carbocycles. The van der Waals surface area contributed by atoms with Gasteiger partial charge in [0.05, 0.1) is 18.4 Å². The number of anilines is 1. The molecule has 1 amide bonds. The standard InChI is InChI=1S/C26H26ClN3O3/c1-17(2)23-10-4-18(3)12-25(23)32-16-22-9-11-24(33-22)26(31)29-21-13-28-30(15-21)14-19-5-7-20(27)8-6-19/h4-13,15,17H,14,16H2,1-3H3,(H,29,31). The first kappa shape index (κ1) is 22.7. The summed E-state index contributed by atoms with van der Waals surface area (Å²) in [5, 5.41) is 7.80. The Kier molecular flexibility index (Phi) is 6.84. The van der Waals surface area contributed by atoms with E-state index in [1.807, 2.05) is 37.3 Å². The van der Waals surface area contributed by atoms with Gasteiger partial charge in [0, 0.05) is 11.2 Å². The SMILES string of the molecule is Cc1ccc(C(C)C)c(OCc2ccc(C(=O)Nc3cnn(Cc4ccc(Cl)cc4)c3)o2)c1. The van der Waals surface area contributed by atoms with E-state index in [9.17, 15) is 4.79 Å². The summed E-state index contributed by atoms with van der Waals surface area (Å²) in [5.74, 6) is 1.63. The van der Waals surface area contributed by atoms with E-state index in [1.54, 1.807) is 29.2 Å². The van der Waals surface area contributed by atoms with Gasteiger partial charge in [-0.2, -0.15) is 5.10 Å². The summed E-state index contributed by atoms with van der Waals surface area (Å²) in [5.41, 5.74) is 3.92. The first-order chi connectivity index (χ1) is 15.9. The van der Waals surface area contributed by atoms with E-state index in [0.29, 0.717) is 28.9 Å². The molecule has 0 atom stereocenters. The molecule has 1 N–H and O–H groups in total. The zero-order valence-electron chi connectivity index (χ0n) is 18.8. The van der Waals surface area contributed by atoms with Crippen molar-refractivity contribution in [3.63, 3.8) is 0 Å². The predicted molar refractivity (Wildman–Crippen MR) is 129 cm³/mol. The third-order valence-electron chi connectivity index (χ3n) is 5.20. The number of carbonyl (C=O) groups excluding carboxylic acids is 1. The number of hydrogen-bond acceptors (Lipinski definition) is 4. The van der Waals surface area contributed by atoms with Crippen LogP contribution < -0.4 is 10.1 Å². The molecule has 0 unspecified atom stereocenters. The number of halogens is 1. The molecule has 2 aromatic heterocycles. The molecule has 2 aromatic carbocycles. The highest BCUT2D eigenvalue weighted by Gasteiger charge is 2.14. The molecule has 4 aromatic rings. The van der Waals surface area contributed by atoms with Crippen LogP contribution >= 0.6 is 11.6 Å². The number of benzene rings is 2. The molecular formula is C26H26ClN3O3. The largest absolute Gasteiger partial charge is 0.485 e. The van der Waals surface area contributed by atoms with Crippen LogP contribution in [-0.4, -0.2) is 15.7 Å². The van der Waals surface area contributed by atoms with Gasteiger partial charge in [-0.1, -0.05) is 49.7 Å². The summed E-state index contributed by atoms with van der Waals surface area (Å²) >= 11 is 5.93. The number of amides is 1. The molecule has 0 saturated heterocycles. The monoisotopic (exact) mass is 463 g/mol. The van der Waals surface area contributed by atoms with Gasteiger partial charge in [-0.05, 0) is 59.9 Å². The summed E-state index contributed by atoms with van der Waals surface area (Å²) in [6.45, 7) is 7.11. The second-order valence-electron chi connectivity index (χ2n) is 8.26. The smallest absolute Gasteiger partial charge is 0.291 e. The number of rotatable bonds is 8. The van der Waals surface area contributed by atoms with Gasteiger partial charge in [0.1, 0.15) is 18.1 Å². The van der Waals surface area contributed by atoms with Gasteiger partial charge >= 0.3 is 0 Å². The maximum Gasteiger partial charge on any atom is 0.291 e. The van der Waals surface area contributed by atoms with Crippen LogP contribution in [0.3, 0.4) is 0 Å². The van der Waals surface area contributed by atoms with Crippen molar-refractivity contribution in [3.8, 4) is 5.75 Å². The van der Waals surface area contributed by atoms with Crippen LogP contribution in [0.25, 0.3) is 0 Å². The van der Waals surface area contributed by atoms with Gasteiger partial charge < -0.3 is 14.5 Å².